The van der Waals surface area contributed by atoms with Crippen molar-refractivity contribution in [3.05, 3.63) is 31.5 Å². The van der Waals surface area contributed by atoms with Gasteiger partial charge in [-0.3, -0.25) is 19.1 Å². The molecule has 0 saturated carbocycles. The van der Waals surface area contributed by atoms with Crippen LogP contribution < -0.4 is 16.6 Å². The van der Waals surface area contributed by atoms with Gasteiger partial charge < -0.3 is 10.2 Å². The van der Waals surface area contributed by atoms with Crippen LogP contribution in [0.4, 0.5) is 0 Å². The molecule has 0 radical (unpaired) electrons. The van der Waals surface area contributed by atoms with Gasteiger partial charge in [0.15, 0.2) is 0 Å². The molecular weight excluding hydrogens is 304 g/mol. The van der Waals surface area contributed by atoms with E-state index in [4.69, 9.17) is 0 Å². The van der Waals surface area contributed by atoms with Gasteiger partial charge in [0.2, 0.25) is 5.91 Å². The second-order valence-electron chi connectivity index (χ2n) is 3.78. The summed E-state index contributed by atoms with van der Waals surface area (Å²) < 4.78 is 1.37. The van der Waals surface area contributed by atoms with Crippen LogP contribution in [0, 0.1) is 0 Å². The van der Waals surface area contributed by atoms with Gasteiger partial charge in [0, 0.05) is 26.3 Å². The molecule has 1 aromatic heterocycles. The molecule has 0 aliphatic carbocycles. The summed E-state index contributed by atoms with van der Waals surface area (Å²) in [6, 6.07) is 0. The highest BCUT2D eigenvalue weighted by molar-refractivity contribution is 9.10. The van der Waals surface area contributed by atoms with Gasteiger partial charge in [0.05, 0.1) is 4.47 Å². The molecule has 0 aromatic carbocycles. The summed E-state index contributed by atoms with van der Waals surface area (Å²) in [5.41, 5.74) is -1.11. The number of carbonyl (C=O) groups is 1. The minimum Gasteiger partial charge on any atom is -0.343 e. The number of aromatic nitrogens is 2. The molecular formula is C10H15BrN4O3. The minimum absolute atomic E-state index is 0.103. The van der Waals surface area contributed by atoms with Gasteiger partial charge in [-0.25, -0.2) is 4.79 Å². The predicted octanol–water partition coefficient (Wildman–Crippen LogP) is -1.02. The van der Waals surface area contributed by atoms with Gasteiger partial charge in [-0.05, 0) is 23.0 Å². The van der Waals surface area contributed by atoms with Gasteiger partial charge in [0.1, 0.15) is 6.54 Å². The summed E-state index contributed by atoms with van der Waals surface area (Å²) in [6.45, 7) is 1.12. The quantitative estimate of drug-likeness (QED) is 0.727. The summed E-state index contributed by atoms with van der Waals surface area (Å²) in [7, 11) is 3.45. The van der Waals surface area contributed by atoms with Crippen molar-refractivity contribution >= 4 is 21.8 Å². The van der Waals surface area contributed by atoms with Crippen LogP contribution in [-0.2, 0) is 11.3 Å². The predicted molar refractivity (Wildman–Crippen MR) is 70.6 cm³/mol. The summed E-state index contributed by atoms with van der Waals surface area (Å²) >= 11 is 3.01. The zero-order chi connectivity index (χ0) is 13.7. The van der Waals surface area contributed by atoms with E-state index < -0.39 is 11.2 Å². The Bertz CT molecular complexity index is 537. The number of likely N-dealkylation sites (N-methyl/N-ethyl adjacent to an activating group) is 2. The highest BCUT2D eigenvalue weighted by Gasteiger charge is 2.11. The Morgan fingerprint density at radius 2 is 2.22 bits per heavy atom. The van der Waals surface area contributed by atoms with Gasteiger partial charge in [-0.15, -0.1) is 0 Å². The molecule has 100 valence electrons. The van der Waals surface area contributed by atoms with Crippen LogP contribution >= 0.6 is 15.9 Å². The van der Waals surface area contributed by atoms with Crippen molar-refractivity contribution in [2.45, 2.75) is 6.54 Å². The van der Waals surface area contributed by atoms with Crippen molar-refractivity contribution in [3.8, 4) is 0 Å². The minimum atomic E-state index is -0.599. The molecule has 0 fully saturated rings. The van der Waals surface area contributed by atoms with Crippen molar-refractivity contribution in [2.75, 3.05) is 27.2 Å². The molecule has 18 heavy (non-hydrogen) atoms. The molecule has 0 aliphatic rings. The second-order valence-corrected chi connectivity index (χ2v) is 4.64. The standard InChI is InChI=1S/C10H15BrN4O3/c1-12-3-4-14(2)8(16)6-15-5-7(11)9(17)13-10(15)18/h5,12H,3-4,6H2,1-2H3,(H,13,17,18). The van der Waals surface area contributed by atoms with E-state index in [-0.39, 0.29) is 16.9 Å². The summed E-state index contributed by atoms with van der Waals surface area (Å²) in [5.74, 6) is -0.203. The number of H-pyrrole nitrogens is 1. The third-order valence-corrected chi connectivity index (χ3v) is 2.96. The number of nitrogens with zero attached hydrogens (tertiary/aromatic N) is 2. The highest BCUT2D eigenvalue weighted by Crippen LogP contribution is 1.98. The number of nitrogens with one attached hydrogen (secondary N) is 2. The topological polar surface area (TPSA) is 87.2 Å². The van der Waals surface area contributed by atoms with E-state index in [1.165, 1.54) is 11.1 Å². The lowest BCUT2D eigenvalue weighted by atomic mass is 10.4. The van der Waals surface area contributed by atoms with Crippen LogP contribution in [0.25, 0.3) is 0 Å². The number of carbonyl (C=O) groups excluding carboxylic acids is 1. The summed E-state index contributed by atoms with van der Waals surface area (Å²) in [5, 5.41) is 2.93. The number of amides is 1. The van der Waals surface area contributed by atoms with Crippen LogP contribution in [-0.4, -0.2) is 47.5 Å². The average Bonchev–Trinajstić information content (AvgIpc) is 2.32. The third-order valence-electron chi connectivity index (χ3n) is 2.40. The van der Waals surface area contributed by atoms with Crippen molar-refractivity contribution < 1.29 is 4.79 Å². The fraction of sp³-hybridized carbons (Fsp3) is 0.500. The Labute approximate surface area is 112 Å². The van der Waals surface area contributed by atoms with Crippen molar-refractivity contribution in [3.63, 3.8) is 0 Å². The van der Waals surface area contributed by atoms with E-state index in [1.54, 1.807) is 14.1 Å². The zero-order valence-electron chi connectivity index (χ0n) is 10.2. The number of halogens is 1. The molecule has 1 rings (SSSR count). The SMILES string of the molecule is CNCCN(C)C(=O)Cn1cc(Br)c(=O)[nH]c1=O. The first-order valence-corrected chi connectivity index (χ1v) is 6.13. The maximum Gasteiger partial charge on any atom is 0.328 e. The van der Waals surface area contributed by atoms with Crippen LogP contribution in [0.15, 0.2) is 20.3 Å². The lowest BCUT2D eigenvalue weighted by Gasteiger charge is -2.17. The fourth-order valence-electron chi connectivity index (χ4n) is 1.27. The van der Waals surface area contributed by atoms with Gasteiger partial charge in [-0.2, -0.15) is 0 Å². The molecule has 1 amide bonds. The molecule has 7 nitrogen and oxygen atoms in total. The number of hydrogen-bond acceptors (Lipinski definition) is 4. The Kier molecular flexibility index (Phi) is 5.29. The molecule has 1 heterocycles. The lowest BCUT2D eigenvalue weighted by molar-refractivity contribution is -0.130. The summed E-state index contributed by atoms with van der Waals surface area (Å²) in [6.07, 6.45) is 1.31. The van der Waals surface area contributed by atoms with Crippen LogP contribution in [0.5, 0.6) is 0 Å². The first-order chi connectivity index (χ1) is 8.45. The maximum atomic E-state index is 11.8. The molecule has 0 aliphatic heterocycles. The second kappa shape index (κ2) is 6.50. The fourth-order valence-corrected chi connectivity index (χ4v) is 1.62. The molecule has 8 heteroatoms. The van der Waals surface area contributed by atoms with Crippen molar-refractivity contribution in [2.24, 2.45) is 0 Å². The Morgan fingerprint density at radius 1 is 1.56 bits per heavy atom. The van der Waals surface area contributed by atoms with Gasteiger partial charge in [-0.1, -0.05) is 0 Å². The van der Waals surface area contributed by atoms with Crippen molar-refractivity contribution in [1.29, 1.82) is 0 Å². The van der Waals surface area contributed by atoms with E-state index >= 15 is 0 Å². The average molecular weight is 319 g/mol. The van der Waals surface area contributed by atoms with Crippen LogP contribution in [0.1, 0.15) is 0 Å². The van der Waals surface area contributed by atoms with E-state index in [1.807, 2.05) is 0 Å². The zero-order valence-corrected chi connectivity index (χ0v) is 11.8. The van der Waals surface area contributed by atoms with Gasteiger partial charge >= 0.3 is 5.69 Å². The molecule has 0 atom stereocenters. The smallest absolute Gasteiger partial charge is 0.328 e. The maximum absolute atomic E-state index is 11.8. The molecule has 0 bridgehead atoms. The summed E-state index contributed by atoms with van der Waals surface area (Å²) in [4.78, 5) is 38.0. The molecule has 0 saturated heterocycles. The van der Waals surface area contributed by atoms with Crippen LogP contribution in [0.2, 0.25) is 0 Å². The van der Waals surface area contributed by atoms with E-state index in [0.717, 1.165) is 4.57 Å². The number of hydrogen-bond donors (Lipinski definition) is 2. The largest absolute Gasteiger partial charge is 0.343 e. The highest BCUT2D eigenvalue weighted by atomic mass is 79.9. The molecule has 0 spiro atoms. The van der Waals surface area contributed by atoms with E-state index in [0.29, 0.717) is 13.1 Å². The van der Waals surface area contributed by atoms with E-state index in [2.05, 4.69) is 26.2 Å². The first kappa shape index (κ1) is 14.7. The Morgan fingerprint density at radius 3 is 2.83 bits per heavy atom. The molecule has 2 N–H and O–H groups in total. The lowest BCUT2D eigenvalue weighted by Crippen LogP contribution is -2.39. The van der Waals surface area contributed by atoms with Crippen molar-refractivity contribution in [1.82, 2.24) is 19.8 Å². The third kappa shape index (κ3) is 3.81. The number of rotatable bonds is 5. The van der Waals surface area contributed by atoms with Gasteiger partial charge in [0.25, 0.3) is 5.56 Å². The first-order valence-electron chi connectivity index (χ1n) is 5.33. The van der Waals surface area contributed by atoms with Crippen LogP contribution in [0.3, 0.4) is 0 Å². The Balaban J connectivity index is 2.79. The Hall–Kier alpha value is -1.41. The van der Waals surface area contributed by atoms with E-state index in [9.17, 15) is 14.4 Å². The normalized spacial score (nSPS) is 10.4. The monoisotopic (exact) mass is 318 g/mol. The molecule has 0 unspecified atom stereocenters. The molecule has 1 aromatic rings. The number of aromatic amines is 1.